The van der Waals surface area contributed by atoms with E-state index in [1.807, 2.05) is 31.6 Å². The third kappa shape index (κ3) is 4.28. The number of rotatable bonds is 6. The minimum absolute atomic E-state index is 0.331. The van der Waals surface area contributed by atoms with Gasteiger partial charge in [0, 0.05) is 24.6 Å². The first-order chi connectivity index (χ1) is 9.69. The van der Waals surface area contributed by atoms with Gasteiger partial charge in [0.25, 0.3) is 0 Å². The first-order valence-corrected chi connectivity index (χ1v) is 7.66. The lowest BCUT2D eigenvalue weighted by molar-refractivity contribution is 0.568. The van der Waals surface area contributed by atoms with Crippen molar-refractivity contribution in [3.05, 3.63) is 41.9 Å². The van der Waals surface area contributed by atoms with Gasteiger partial charge >= 0.3 is 0 Å². The summed E-state index contributed by atoms with van der Waals surface area (Å²) in [6, 6.07) is 4.46. The van der Waals surface area contributed by atoms with Crippen LogP contribution >= 0.6 is 11.8 Å². The van der Waals surface area contributed by atoms with Crippen LogP contribution in [0.3, 0.4) is 0 Å². The fourth-order valence-electron chi connectivity index (χ4n) is 1.71. The minimum Gasteiger partial charge on any atom is -0.310 e. The number of pyridine rings is 1. The molecule has 2 aromatic rings. The molecular formula is C15H20N4S. The normalized spacial score (nSPS) is 12.3. The maximum absolute atomic E-state index is 4.47. The summed E-state index contributed by atoms with van der Waals surface area (Å²) in [4.78, 5) is 13.0. The number of hydrogen-bond donors (Lipinski definition) is 1. The molecule has 2 rings (SSSR count). The van der Waals surface area contributed by atoms with Gasteiger partial charge in [0.05, 0.1) is 0 Å². The zero-order chi connectivity index (χ0) is 14.4. The number of nitrogens with one attached hydrogen (secondary N) is 1. The van der Waals surface area contributed by atoms with Crippen LogP contribution in [0, 0.1) is 6.92 Å². The zero-order valence-corrected chi connectivity index (χ0v) is 12.9. The Morgan fingerprint density at radius 2 is 1.90 bits per heavy atom. The topological polar surface area (TPSA) is 50.7 Å². The molecule has 0 radical (unpaired) electrons. The molecule has 2 heterocycles. The first kappa shape index (κ1) is 14.9. The minimum atomic E-state index is 0.331. The van der Waals surface area contributed by atoms with Crippen molar-refractivity contribution in [3.63, 3.8) is 0 Å². The molecule has 0 aliphatic carbocycles. The van der Waals surface area contributed by atoms with Crippen LogP contribution in [0.25, 0.3) is 0 Å². The van der Waals surface area contributed by atoms with Gasteiger partial charge in [-0.15, -0.1) is 0 Å². The molecule has 0 aliphatic heterocycles. The largest absolute Gasteiger partial charge is 0.310 e. The smallest absolute Gasteiger partial charge is 0.193 e. The second kappa shape index (κ2) is 7.36. The first-order valence-electron chi connectivity index (χ1n) is 6.85. The van der Waals surface area contributed by atoms with E-state index in [4.69, 9.17) is 0 Å². The van der Waals surface area contributed by atoms with Crippen LogP contribution in [0.4, 0.5) is 0 Å². The highest BCUT2D eigenvalue weighted by Crippen LogP contribution is 2.23. The summed E-state index contributed by atoms with van der Waals surface area (Å²) < 4.78 is 0. The van der Waals surface area contributed by atoms with E-state index in [2.05, 4.69) is 40.2 Å². The van der Waals surface area contributed by atoms with Gasteiger partial charge in [0.1, 0.15) is 5.03 Å². The predicted octanol–water partition coefficient (Wildman–Crippen LogP) is 3.39. The van der Waals surface area contributed by atoms with E-state index in [0.717, 1.165) is 28.7 Å². The average Bonchev–Trinajstić information content (AvgIpc) is 2.48. The van der Waals surface area contributed by atoms with Gasteiger partial charge < -0.3 is 5.32 Å². The van der Waals surface area contributed by atoms with Crippen LogP contribution in [0.15, 0.2) is 40.9 Å². The molecule has 0 saturated heterocycles. The van der Waals surface area contributed by atoms with E-state index in [1.54, 1.807) is 0 Å². The third-order valence-electron chi connectivity index (χ3n) is 2.91. The number of nitrogens with zero attached hydrogens (tertiary/aromatic N) is 3. The molecule has 2 aromatic heterocycles. The van der Waals surface area contributed by atoms with Gasteiger partial charge in [0.15, 0.2) is 5.16 Å². The monoisotopic (exact) mass is 288 g/mol. The molecule has 1 atom stereocenters. The molecule has 4 nitrogen and oxygen atoms in total. The van der Waals surface area contributed by atoms with Gasteiger partial charge in [-0.1, -0.05) is 13.0 Å². The molecule has 1 N–H and O–H groups in total. The number of aryl methyl sites for hydroxylation is 1. The molecule has 106 valence electrons. The number of hydrogen-bond acceptors (Lipinski definition) is 5. The van der Waals surface area contributed by atoms with E-state index in [0.29, 0.717) is 6.04 Å². The fourth-order valence-corrected chi connectivity index (χ4v) is 2.35. The number of aromatic nitrogens is 3. The predicted molar refractivity (Wildman–Crippen MR) is 81.8 cm³/mol. The second-order valence-corrected chi connectivity index (χ2v) is 5.74. The maximum atomic E-state index is 4.47. The Morgan fingerprint density at radius 1 is 1.15 bits per heavy atom. The molecule has 0 aliphatic rings. The van der Waals surface area contributed by atoms with Crippen molar-refractivity contribution in [3.8, 4) is 0 Å². The molecule has 0 amide bonds. The summed E-state index contributed by atoms with van der Waals surface area (Å²) in [5.74, 6) is 0. The summed E-state index contributed by atoms with van der Waals surface area (Å²) in [6.07, 6.45) is 6.70. The highest BCUT2D eigenvalue weighted by Gasteiger charge is 2.06. The summed E-state index contributed by atoms with van der Waals surface area (Å²) in [5.41, 5.74) is 2.26. The summed E-state index contributed by atoms with van der Waals surface area (Å²) in [7, 11) is 0. The maximum Gasteiger partial charge on any atom is 0.193 e. The molecule has 0 spiro atoms. The zero-order valence-electron chi connectivity index (χ0n) is 12.1. The molecule has 5 heteroatoms. The van der Waals surface area contributed by atoms with Crippen molar-refractivity contribution in [1.82, 2.24) is 20.3 Å². The van der Waals surface area contributed by atoms with Gasteiger partial charge in [-0.3, -0.25) is 0 Å². The molecule has 0 bridgehead atoms. The molecule has 1 unspecified atom stereocenters. The van der Waals surface area contributed by atoms with Gasteiger partial charge in [-0.05, 0) is 55.8 Å². The van der Waals surface area contributed by atoms with Crippen LogP contribution in [0.1, 0.15) is 37.4 Å². The third-order valence-corrected chi connectivity index (χ3v) is 3.76. The van der Waals surface area contributed by atoms with Crippen molar-refractivity contribution < 1.29 is 0 Å². The van der Waals surface area contributed by atoms with Crippen LogP contribution in [0.5, 0.6) is 0 Å². The highest BCUT2D eigenvalue weighted by molar-refractivity contribution is 7.99. The van der Waals surface area contributed by atoms with Crippen LogP contribution in [-0.2, 0) is 0 Å². The lowest BCUT2D eigenvalue weighted by Gasteiger charge is -2.13. The van der Waals surface area contributed by atoms with Crippen LogP contribution in [-0.4, -0.2) is 21.5 Å². The summed E-state index contributed by atoms with van der Waals surface area (Å²) in [5, 5.41) is 5.10. The Kier molecular flexibility index (Phi) is 5.49. The van der Waals surface area contributed by atoms with Crippen molar-refractivity contribution in [2.75, 3.05) is 6.54 Å². The Balaban J connectivity index is 1.99. The van der Waals surface area contributed by atoms with E-state index < -0.39 is 0 Å². The average molecular weight is 288 g/mol. The van der Waals surface area contributed by atoms with E-state index in [-0.39, 0.29) is 0 Å². The van der Waals surface area contributed by atoms with E-state index in [9.17, 15) is 0 Å². The molecule has 0 fully saturated rings. The van der Waals surface area contributed by atoms with Crippen molar-refractivity contribution in [2.24, 2.45) is 0 Å². The summed E-state index contributed by atoms with van der Waals surface area (Å²) >= 11 is 1.48. The second-order valence-electron chi connectivity index (χ2n) is 4.75. The molecule has 0 saturated carbocycles. The quantitative estimate of drug-likeness (QED) is 0.826. The molecule has 20 heavy (non-hydrogen) atoms. The Labute approximate surface area is 124 Å². The SMILES string of the molecule is CCCNC(C)c1ccc(Sc2ncc(C)cn2)nc1. The molecule has 0 aromatic carbocycles. The lowest BCUT2D eigenvalue weighted by atomic mass is 10.1. The lowest BCUT2D eigenvalue weighted by Crippen LogP contribution is -2.19. The van der Waals surface area contributed by atoms with Crippen molar-refractivity contribution in [2.45, 2.75) is 43.4 Å². The van der Waals surface area contributed by atoms with Crippen LogP contribution < -0.4 is 5.32 Å². The molecular weight excluding hydrogens is 268 g/mol. The van der Waals surface area contributed by atoms with Crippen LogP contribution in [0.2, 0.25) is 0 Å². The van der Waals surface area contributed by atoms with E-state index >= 15 is 0 Å². The van der Waals surface area contributed by atoms with Crippen molar-refractivity contribution in [1.29, 1.82) is 0 Å². The highest BCUT2D eigenvalue weighted by atomic mass is 32.2. The van der Waals surface area contributed by atoms with Gasteiger partial charge in [-0.2, -0.15) is 0 Å². The Bertz CT molecular complexity index is 525. The fraction of sp³-hybridized carbons (Fsp3) is 0.400. The van der Waals surface area contributed by atoms with Gasteiger partial charge in [0.2, 0.25) is 0 Å². The van der Waals surface area contributed by atoms with Gasteiger partial charge in [-0.25, -0.2) is 15.0 Å². The Hall–Kier alpha value is -1.46. The standard InChI is InChI=1S/C15H20N4S/c1-4-7-16-12(3)13-5-6-14(17-10-13)20-15-18-8-11(2)9-19-15/h5-6,8-10,12,16H,4,7H2,1-3H3. The van der Waals surface area contributed by atoms with Crippen molar-refractivity contribution >= 4 is 11.8 Å². The summed E-state index contributed by atoms with van der Waals surface area (Å²) in [6.45, 7) is 7.32. The Morgan fingerprint density at radius 3 is 2.50 bits per heavy atom. The van der Waals surface area contributed by atoms with E-state index in [1.165, 1.54) is 17.3 Å².